The first-order valence-corrected chi connectivity index (χ1v) is 7.67. The van der Waals surface area contributed by atoms with E-state index in [1.807, 2.05) is 54.6 Å². The van der Waals surface area contributed by atoms with Crippen molar-refractivity contribution < 1.29 is 9.59 Å². The van der Waals surface area contributed by atoms with E-state index in [1.165, 1.54) is 5.56 Å². The van der Waals surface area contributed by atoms with Crippen molar-refractivity contribution >= 4 is 11.7 Å². The molecule has 22 heavy (non-hydrogen) atoms. The topological polar surface area (TPSA) is 46.2 Å². The quantitative estimate of drug-likeness (QED) is 0.942. The Morgan fingerprint density at radius 2 is 1.73 bits per heavy atom. The van der Waals surface area contributed by atoms with Gasteiger partial charge in [-0.1, -0.05) is 54.6 Å². The molecule has 1 amide bonds. The van der Waals surface area contributed by atoms with Gasteiger partial charge in [0.15, 0.2) is 5.78 Å². The minimum atomic E-state index is -0.238. The maximum atomic E-state index is 12.3. The van der Waals surface area contributed by atoms with E-state index < -0.39 is 0 Å². The number of hydrogen-bond acceptors (Lipinski definition) is 2. The van der Waals surface area contributed by atoms with Crippen LogP contribution in [-0.2, 0) is 17.6 Å². The monoisotopic (exact) mass is 293 g/mol. The lowest BCUT2D eigenvalue weighted by atomic mass is 9.82. The second kappa shape index (κ2) is 6.56. The minimum Gasteiger partial charge on any atom is -0.356 e. The molecule has 112 valence electrons. The van der Waals surface area contributed by atoms with E-state index in [2.05, 4.69) is 5.32 Å². The molecule has 1 unspecified atom stereocenters. The second-order valence-corrected chi connectivity index (χ2v) is 5.71. The third-order valence-corrected chi connectivity index (χ3v) is 4.14. The third kappa shape index (κ3) is 3.25. The van der Waals surface area contributed by atoms with Gasteiger partial charge in [0, 0.05) is 24.4 Å². The van der Waals surface area contributed by atoms with Crippen molar-refractivity contribution in [3.8, 4) is 0 Å². The van der Waals surface area contributed by atoms with Crippen LogP contribution in [0.1, 0.15) is 27.9 Å². The lowest BCUT2D eigenvalue weighted by molar-refractivity contribution is -0.125. The molecular formula is C19H19NO2. The molecule has 0 aliphatic heterocycles. The predicted molar refractivity (Wildman–Crippen MR) is 85.7 cm³/mol. The van der Waals surface area contributed by atoms with Crippen LogP contribution in [0.5, 0.6) is 0 Å². The largest absolute Gasteiger partial charge is 0.356 e. The maximum absolute atomic E-state index is 12.3. The molecule has 0 fully saturated rings. The molecule has 2 aromatic rings. The molecule has 3 rings (SSSR count). The number of hydrogen-bond donors (Lipinski definition) is 1. The number of nitrogens with one attached hydrogen (secondary N) is 1. The number of carbonyl (C=O) groups excluding carboxylic acids is 2. The summed E-state index contributed by atoms with van der Waals surface area (Å²) in [7, 11) is 0. The van der Waals surface area contributed by atoms with Crippen LogP contribution in [0, 0.1) is 5.92 Å². The third-order valence-electron chi connectivity index (χ3n) is 4.14. The van der Waals surface area contributed by atoms with Crippen molar-refractivity contribution in [2.45, 2.75) is 19.3 Å². The molecule has 0 aromatic heterocycles. The predicted octanol–water partition coefficient (Wildman–Crippen LogP) is 2.79. The molecule has 3 nitrogen and oxygen atoms in total. The van der Waals surface area contributed by atoms with Gasteiger partial charge in [-0.3, -0.25) is 9.59 Å². The fourth-order valence-corrected chi connectivity index (χ4v) is 2.95. The smallest absolute Gasteiger partial charge is 0.223 e. The average molecular weight is 293 g/mol. The molecule has 1 aliphatic rings. The van der Waals surface area contributed by atoms with Crippen molar-refractivity contribution in [2.75, 3.05) is 6.54 Å². The molecule has 1 atom stereocenters. The Kier molecular flexibility index (Phi) is 4.33. The summed E-state index contributed by atoms with van der Waals surface area (Å²) in [4.78, 5) is 24.4. The Hall–Kier alpha value is -2.42. The van der Waals surface area contributed by atoms with Crippen molar-refractivity contribution in [2.24, 2.45) is 5.92 Å². The zero-order valence-electron chi connectivity index (χ0n) is 12.4. The molecule has 0 spiro atoms. The molecule has 3 heteroatoms. The first-order valence-electron chi connectivity index (χ1n) is 7.67. The summed E-state index contributed by atoms with van der Waals surface area (Å²) in [6.07, 6.45) is 1.77. The van der Waals surface area contributed by atoms with Gasteiger partial charge in [0.1, 0.15) is 0 Å². The lowest BCUT2D eigenvalue weighted by Gasteiger charge is -2.22. The second-order valence-electron chi connectivity index (χ2n) is 5.71. The number of fused-ring (bicyclic) bond motifs is 1. The SMILES string of the molecule is O=C1CC(C(=O)NCCc2ccccc2)Cc2ccccc21. The zero-order valence-corrected chi connectivity index (χ0v) is 12.4. The van der Waals surface area contributed by atoms with E-state index >= 15 is 0 Å². The summed E-state index contributed by atoms with van der Waals surface area (Å²) >= 11 is 0. The van der Waals surface area contributed by atoms with Gasteiger partial charge in [0.25, 0.3) is 0 Å². The van der Waals surface area contributed by atoms with Gasteiger partial charge >= 0.3 is 0 Å². The van der Waals surface area contributed by atoms with Crippen molar-refractivity contribution in [1.82, 2.24) is 5.32 Å². The summed E-state index contributed by atoms with van der Waals surface area (Å²) in [5, 5.41) is 2.96. The molecule has 1 N–H and O–H groups in total. The van der Waals surface area contributed by atoms with Gasteiger partial charge < -0.3 is 5.32 Å². The normalized spacial score (nSPS) is 16.9. The first-order chi connectivity index (χ1) is 10.7. The fraction of sp³-hybridized carbons (Fsp3) is 0.263. The van der Waals surface area contributed by atoms with Crippen molar-refractivity contribution in [3.63, 3.8) is 0 Å². The molecule has 0 radical (unpaired) electrons. The standard InChI is InChI=1S/C19H19NO2/c21-18-13-16(12-15-8-4-5-9-17(15)18)19(22)20-11-10-14-6-2-1-3-7-14/h1-9,16H,10-13H2,(H,20,22). The summed E-state index contributed by atoms with van der Waals surface area (Å²) in [6, 6.07) is 17.6. The summed E-state index contributed by atoms with van der Waals surface area (Å²) in [6.45, 7) is 0.606. The van der Waals surface area contributed by atoms with Gasteiger partial charge in [-0.2, -0.15) is 0 Å². The van der Waals surface area contributed by atoms with Crippen LogP contribution in [0.4, 0.5) is 0 Å². The highest BCUT2D eigenvalue weighted by Crippen LogP contribution is 2.25. The van der Waals surface area contributed by atoms with E-state index in [9.17, 15) is 9.59 Å². The highest BCUT2D eigenvalue weighted by atomic mass is 16.2. The Labute approximate surface area is 130 Å². The van der Waals surface area contributed by atoms with E-state index in [-0.39, 0.29) is 17.6 Å². The van der Waals surface area contributed by atoms with Crippen LogP contribution in [0.15, 0.2) is 54.6 Å². The average Bonchev–Trinajstić information content (AvgIpc) is 2.56. The number of Topliss-reactive ketones (excluding diaryl/α,β-unsaturated/α-hetero) is 1. The van der Waals surface area contributed by atoms with Gasteiger partial charge in [0.05, 0.1) is 0 Å². The zero-order chi connectivity index (χ0) is 15.4. The van der Waals surface area contributed by atoms with Crippen LogP contribution in [0.3, 0.4) is 0 Å². The van der Waals surface area contributed by atoms with E-state index in [0.717, 1.165) is 17.5 Å². The number of amides is 1. The number of ketones is 1. The molecule has 0 bridgehead atoms. The highest BCUT2D eigenvalue weighted by molar-refractivity contribution is 6.01. The molecule has 0 saturated heterocycles. The molecular weight excluding hydrogens is 274 g/mol. The van der Waals surface area contributed by atoms with Crippen LogP contribution in [0.2, 0.25) is 0 Å². The first kappa shape index (κ1) is 14.5. The maximum Gasteiger partial charge on any atom is 0.223 e. The molecule has 2 aromatic carbocycles. The number of rotatable bonds is 4. The Morgan fingerprint density at radius 1 is 1.00 bits per heavy atom. The summed E-state index contributed by atoms with van der Waals surface area (Å²) < 4.78 is 0. The van der Waals surface area contributed by atoms with Crippen molar-refractivity contribution in [1.29, 1.82) is 0 Å². The highest BCUT2D eigenvalue weighted by Gasteiger charge is 2.29. The Bertz CT molecular complexity index is 679. The fourth-order valence-electron chi connectivity index (χ4n) is 2.95. The van der Waals surface area contributed by atoms with Crippen LogP contribution in [-0.4, -0.2) is 18.2 Å². The van der Waals surface area contributed by atoms with Gasteiger partial charge in [-0.25, -0.2) is 0 Å². The summed E-state index contributed by atoms with van der Waals surface area (Å²) in [5.74, 6) is -0.179. The van der Waals surface area contributed by atoms with Crippen LogP contribution >= 0.6 is 0 Å². The number of carbonyl (C=O) groups is 2. The number of benzene rings is 2. The van der Waals surface area contributed by atoms with Gasteiger partial charge in [0.2, 0.25) is 5.91 Å². The van der Waals surface area contributed by atoms with Crippen LogP contribution < -0.4 is 5.32 Å². The lowest BCUT2D eigenvalue weighted by Crippen LogP contribution is -2.36. The van der Waals surface area contributed by atoms with E-state index in [1.54, 1.807) is 0 Å². The minimum absolute atomic E-state index is 0.0150. The van der Waals surface area contributed by atoms with Crippen molar-refractivity contribution in [3.05, 3.63) is 71.3 Å². The molecule has 0 heterocycles. The Morgan fingerprint density at radius 3 is 2.55 bits per heavy atom. The van der Waals surface area contributed by atoms with Crippen LogP contribution in [0.25, 0.3) is 0 Å². The molecule has 0 saturated carbocycles. The van der Waals surface area contributed by atoms with E-state index in [4.69, 9.17) is 0 Å². The summed E-state index contributed by atoms with van der Waals surface area (Å²) in [5.41, 5.74) is 2.96. The Balaban J connectivity index is 1.56. The van der Waals surface area contributed by atoms with Gasteiger partial charge in [-0.05, 0) is 24.0 Å². The van der Waals surface area contributed by atoms with E-state index in [0.29, 0.717) is 19.4 Å². The molecule has 1 aliphatic carbocycles. The van der Waals surface area contributed by atoms with Gasteiger partial charge in [-0.15, -0.1) is 0 Å².